The maximum absolute atomic E-state index is 10.8. The Hall–Kier alpha value is -1.61. The number of nitrogens with zero attached hydrogens (tertiary/aromatic N) is 1. The number of fused-ring (bicyclic) bond motifs is 1. The summed E-state index contributed by atoms with van der Waals surface area (Å²) >= 11 is 6.04. The second-order valence-electron chi connectivity index (χ2n) is 3.39. The van der Waals surface area contributed by atoms with Gasteiger partial charge in [0, 0.05) is 29.1 Å². The lowest BCUT2D eigenvalue weighted by Crippen LogP contribution is -2.00. The molecule has 2 rings (SSSR count). The molecule has 1 aromatic carbocycles. The van der Waals surface area contributed by atoms with Crippen molar-refractivity contribution in [2.75, 3.05) is 0 Å². The molecular weight excluding hydrogens is 226 g/mol. The number of aromatic nitrogens is 1. The van der Waals surface area contributed by atoms with Crippen LogP contribution in [0.25, 0.3) is 10.9 Å². The standard InChI is InChI=1S/C12H10ClNO2/c1-8(15)16-7-9-4-5-11(13)10-3-2-6-14-12(9)10/h2-6H,7H2,1H3. The number of hydrogen-bond donors (Lipinski definition) is 0. The first-order valence-electron chi connectivity index (χ1n) is 4.84. The summed E-state index contributed by atoms with van der Waals surface area (Å²) < 4.78 is 4.95. The van der Waals surface area contributed by atoms with Crippen molar-refractivity contribution in [1.29, 1.82) is 0 Å². The highest BCUT2D eigenvalue weighted by molar-refractivity contribution is 6.35. The van der Waals surface area contributed by atoms with Crippen molar-refractivity contribution in [1.82, 2.24) is 4.98 Å². The summed E-state index contributed by atoms with van der Waals surface area (Å²) in [5, 5.41) is 1.52. The van der Waals surface area contributed by atoms with E-state index >= 15 is 0 Å². The molecule has 0 fully saturated rings. The van der Waals surface area contributed by atoms with Crippen LogP contribution < -0.4 is 0 Å². The number of hydrogen-bond acceptors (Lipinski definition) is 3. The minimum Gasteiger partial charge on any atom is -0.461 e. The highest BCUT2D eigenvalue weighted by Crippen LogP contribution is 2.25. The van der Waals surface area contributed by atoms with Crippen molar-refractivity contribution in [3.8, 4) is 0 Å². The van der Waals surface area contributed by atoms with Gasteiger partial charge in [0.05, 0.1) is 5.52 Å². The Morgan fingerprint density at radius 3 is 3.00 bits per heavy atom. The number of halogens is 1. The molecule has 16 heavy (non-hydrogen) atoms. The molecule has 0 N–H and O–H groups in total. The first kappa shape index (κ1) is 10.9. The van der Waals surface area contributed by atoms with Crippen LogP contribution in [0.3, 0.4) is 0 Å². The molecule has 0 unspecified atom stereocenters. The van der Waals surface area contributed by atoms with E-state index < -0.39 is 0 Å². The predicted octanol–water partition coefficient (Wildman–Crippen LogP) is 2.95. The van der Waals surface area contributed by atoms with E-state index in [1.165, 1.54) is 6.92 Å². The number of carbonyl (C=O) groups excluding carboxylic acids is 1. The third kappa shape index (κ3) is 2.14. The zero-order chi connectivity index (χ0) is 11.5. The third-order valence-electron chi connectivity index (χ3n) is 2.23. The largest absolute Gasteiger partial charge is 0.461 e. The van der Waals surface area contributed by atoms with Crippen molar-refractivity contribution >= 4 is 28.5 Å². The van der Waals surface area contributed by atoms with Gasteiger partial charge in [0.2, 0.25) is 0 Å². The van der Waals surface area contributed by atoms with Crippen molar-refractivity contribution in [3.63, 3.8) is 0 Å². The Morgan fingerprint density at radius 1 is 1.44 bits per heavy atom. The second-order valence-corrected chi connectivity index (χ2v) is 3.79. The molecule has 0 spiro atoms. The summed E-state index contributed by atoms with van der Waals surface area (Å²) in [6.07, 6.45) is 1.69. The van der Waals surface area contributed by atoms with Gasteiger partial charge >= 0.3 is 5.97 Å². The maximum Gasteiger partial charge on any atom is 0.302 e. The molecule has 0 atom stereocenters. The Morgan fingerprint density at radius 2 is 2.25 bits per heavy atom. The van der Waals surface area contributed by atoms with Crippen LogP contribution >= 0.6 is 11.6 Å². The average Bonchev–Trinajstić information content (AvgIpc) is 2.28. The molecule has 1 aromatic heterocycles. The van der Waals surface area contributed by atoms with Crippen LogP contribution in [0.5, 0.6) is 0 Å². The van der Waals surface area contributed by atoms with Gasteiger partial charge in [-0.25, -0.2) is 0 Å². The molecule has 2 aromatic rings. The molecular formula is C12H10ClNO2. The van der Waals surface area contributed by atoms with Crippen molar-refractivity contribution in [2.24, 2.45) is 0 Å². The first-order chi connectivity index (χ1) is 7.68. The molecule has 0 bridgehead atoms. The summed E-state index contributed by atoms with van der Waals surface area (Å²) in [6.45, 7) is 1.60. The molecule has 3 nitrogen and oxygen atoms in total. The Kier molecular flexibility index (Phi) is 3.06. The van der Waals surface area contributed by atoms with E-state index in [1.807, 2.05) is 18.2 Å². The monoisotopic (exact) mass is 235 g/mol. The van der Waals surface area contributed by atoms with Crippen molar-refractivity contribution in [3.05, 3.63) is 41.0 Å². The van der Waals surface area contributed by atoms with Crippen LogP contribution in [0.4, 0.5) is 0 Å². The summed E-state index contributed by atoms with van der Waals surface area (Å²) in [4.78, 5) is 15.0. The Labute approximate surface area is 98.0 Å². The lowest BCUT2D eigenvalue weighted by atomic mass is 10.1. The van der Waals surface area contributed by atoms with Crippen LogP contribution in [-0.2, 0) is 16.1 Å². The molecule has 0 aliphatic rings. The van der Waals surface area contributed by atoms with E-state index in [9.17, 15) is 4.79 Å². The highest BCUT2D eigenvalue weighted by Gasteiger charge is 2.06. The van der Waals surface area contributed by atoms with Crippen molar-refractivity contribution < 1.29 is 9.53 Å². The van der Waals surface area contributed by atoms with Crippen molar-refractivity contribution in [2.45, 2.75) is 13.5 Å². The SMILES string of the molecule is CC(=O)OCc1ccc(Cl)c2cccnc12. The topological polar surface area (TPSA) is 39.2 Å². The molecule has 4 heteroatoms. The van der Waals surface area contributed by atoms with Crippen LogP contribution in [-0.4, -0.2) is 11.0 Å². The van der Waals surface area contributed by atoms with E-state index in [0.29, 0.717) is 5.02 Å². The quantitative estimate of drug-likeness (QED) is 0.752. The predicted molar refractivity (Wildman–Crippen MR) is 62.2 cm³/mol. The first-order valence-corrected chi connectivity index (χ1v) is 5.22. The molecule has 82 valence electrons. The lowest BCUT2D eigenvalue weighted by molar-refractivity contribution is -0.142. The fraction of sp³-hybridized carbons (Fsp3) is 0.167. The highest BCUT2D eigenvalue weighted by atomic mass is 35.5. The number of esters is 1. The summed E-state index contributed by atoms with van der Waals surface area (Å²) in [6, 6.07) is 7.32. The number of rotatable bonds is 2. The van der Waals surface area contributed by atoms with Gasteiger partial charge in [-0.2, -0.15) is 0 Å². The van der Waals surface area contributed by atoms with Crippen LogP contribution in [0.2, 0.25) is 5.02 Å². The summed E-state index contributed by atoms with van der Waals surface area (Å²) in [5.74, 6) is -0.306. The zero-order valence-corrected chi connectivity index (χ0v) is 9.49. The average molecular weight is 236 g/mol. The van der Waals surface area contributed by atoms with Crippen LogP contribution in [0, 0.1) is 0 Å². The molecule has 0 aliphatic heterocycles. The van der Waals surface area contributed by atoms with Gasteiger partial charge in [-0.05, 0) is 18.2 Å². The Balaban J connectivity index is 2.46. The van der Waals surface area contributed by atoms with E-state index in [2.05, 4.69) is 4.98 Å². The molecule has 0 aliphatic carbocycles. The smallest absolute Gasteiger partial charge is 0.302 e. The van der Waals surface area contributed by atoms with E-state index in [1.54, 1.807) is 12.3 Å². The molecule has 0 amide bonds. The number of ether oxygens (including phenoxy) is 1. The number of benzene rings is 1. The van der Waals surface area contributed by atoms with E-state index in [4.69, 9.17) is 16.3 Å². The maximum atomic E-state index is 10.8. The van der Waals surface area contributed by atoms with Gasteiger partial charge in [-0.3, -0.25) is 9.78 Å². The zero-order valence-electron chi connectivity index (χ0n) is 8.74. The minimum atomic E-state index is -0.306. The normalized spacial score (nSPS) is 10.4. The van der Waals surface area contributed by atoms with E-state index in [-0.39, 0.29) is 12.6 Å². The van der Waals surface area contributed by atoms with Gasteiger partial charge in [0.25, 0.3) is 0 Å². The van der Waals surface area contributed by atoms with Gasteiger partial charge in [0.1, 0.15) is 6.61 Å². The fourth-order valence-corrected chi connectivity index (χ4v) is 1.71. The Bertz CT molecular complexity index is 540. The van der Waals surface area contributed by atoms with Crippen LogP contribution in [0.1, 0.15) is 12.5 Å². The van der Waals surface area contributed by atoms with Gasteiger partial charge in [-0.15, -0.1) is 0 Å². The van der Waals surface area contributed by atoms with Gasteiger partial charge in [0.15, 0.2) is 0 Å². The molecule has 0 saturated carbocycles. The van der Waals surface area contributed by atoms with Crippen LogP contribution in [0.15, 0.2) is 30.5 Å². The fourth-order valence-electron chi connectivity index (χ4n) is 1.49. The van der Waals surface area contributed by atoms with Gasteiger partial charge in [-0.1, -0.05) is 17.7 Å². The number of carbonyl (C=O) groups is 1. The second kappa shape index (κ2) is 4.49. The summed E-state index contributed by atoms with van der Waals surface area (Å²) in [7, 11) is 0. The molecule has 1 heterocycles. The van der Waals surface area contributed by atoms with Gasteiger partial charge < -0.3 is 4.74 Å². The third-order valence-corrected chi connectivity index (χ3v) is 2.56. The molecule has 0 radical (unpaired) electrons. The molecule has 0 saturated heterocycles. The van der Waals surface area contributed by atoms with E-state index in [0.717, 1.165) is 16.5 Å². The summed E-state index contributed by atoms with van der Waals surface area (Å²) in [5.41, 5.74) is 1.63. The minimum absolute atomic E-state index is 0.222. The number of pyridine rings is 1. The lowest BCUT2D eigenvalue weighted by Gasteiger charge is -2.06.